The number of carbonyl (C=O) groups is 1. The standard InChI is InChI=1S/C31H33ClN2O4S2/c1-3-16-33-40(36,37)27-12-9-24(10-13-27)28-7-5-6-8-29(28)34(31(35)19-23-15-18-39-22-23)21-25-20-26(32)11-14-30(25)38-17-4-2/h5-15,18,20,22,33H,3-4,16-17,19,21H2,1-2H3. The van der Waals surface area contributed by atoms with E-state index in [1.807, 2.05) is 67.1 Å². The van der Waals surface area contributed by atoms with E-state index in [4.69, 9.17) is 16.3 Å². The van der Waals surface area contributed by atoms with Gasteiger partial charge in [0.1, 0.15) is 5.75 Å². The SMILES string of the molecule is CCCNS(=O)(=O)c1ccc(-c2ccccc2N(Cc2cc(Cl)ccc2OCCC)C(=O)Cc2ccsc2)cc1. The fraction of sp³-hybridized carbons (Fsp3) is 0.258. The Balaban J connectivity index is 1.74. The van der Waals surface area contributed by atoms with Gasteiger partial charge in [-0.2, -0.15) is 11.3 Å². The first kappa shape index (κ1) is 29.8. The van der Waals surface area contributed by atoms with Gasteiger partial charge in [0, 0.05) is 22.7 Å². The molecule has 0 spiro atoms. The van der Waals surface area contributed by atoms with Crippen molar-refractivity contribution < 1.29 is 17.9 Å². The van der Waals surface area contributed by atoms with E-state index in [1.54, 1.807) is 46.6 Å². The molecule has 0 atom stereocenters. The predicted molar refractivity (Wildman–Crippen MR) is 164 cm³/mol. The maximum absolute atomic E-state index is 13.9. The highest BCUT2D eigenvalue weighted by Crippen LogP contribution is 2.35. The number of thiophene rings is 1. The first-order chi connectivity index (χ1) is 19.3. The van der Waals surface area contributed by atoms with Gasteiger partial charge in [0.15, 0.2) is 0 Å². The van der Waals surface area contributed by atoms with Gasteiger partial charge in [-0.15, -0.1) is 0 Å². The third kappa shape index (κ3) is 7.52. The van der Waals surface area contributed by atoms with Crippen LogP contribution in [0.5, 0.6) is 5.75 Å². The monoisotopic (exact) mass is 596 g/mol. The summed E-state index contributed by atoms with van der Waals surface area (Å²) in [5.74, 6) is 0.612. The number of ether oxygens (including phenoxy) is 1. The Hall–Kier alpha value is -3.17. The van der Waals surface area contributed by atoms with Gasteiger partial charge in [0.05, 0.1) is 30.2 Å². The summed E-state index contributed by atoms with van der Waals surface area (Å²) in [4.78, 5) is 15.8. The molecule has 9 heteroatoms. The van der Waals surface area contributed by atoms with Crippen LogP contribution in [0.15, 0.2) is 88.5 Å². The summed E-state index contributed by atoms with van der Waals surface area (Å²) in [7, 11) is -3.59. The normalized spacial score (nSPS) is 11.4. The molecule has 4 rings (SSSR count). The summed E-state index contributed by atoms with van der Waals surface area (Å²) < 4.78 is 33.8. The maximum Gasteiger partial charge on any atom is 0.240 e. The minimum absolute atomic E-state index is 0.0739. The number of benzene rings is 3. The molecule has 0 aliphatic carbocycles. The van der Waals surface area contributed by atoms with E-state index < -0.39 is 10.0 Å². The van der Waals surface area contributed by atoms with Gasteiger partial charge >= 0.3 is 0 Å². The highest BCUT2D eigenvalue weighted by atomic mass is 35.5. The van der Waals surface area contributed by atoms with Crippen LogP contribution in [0.1, 0.15) is 37.8 Å². The molecule has 40 heavy (non-hydrogen) atoms. The number of anilines is 1. The zero-order valence-corrected chi connectivity index (χ0v) is 25.0. The Labute approximate surface area is 245 Å². The first-order valence-corrected chi connectivity index (χ1v) is 16.0. The van der Waals surface area contributed by atoms with Crippen molar-refractivity contribution in [3.05, 3.63) is 99.7 Å². The van der Waals surface area contributed by atoms with E-state index in [0.29, 0.717) is 36.0 Å². The number of hydrogen-bond acceptors (Lipinski definition) is 5. The lowest BCUT2D eigenvalue weighted by Gasteiger charge is -2.27. The summed E-state index contributed by atoms with van der Waals surface area (Å²) in [6.45, 7) is 5.14. The van der Waals surface area contributed by atoms with Crippen LogP contribution in [0.3, 0.4) is 0 Å². The Morgan fingerprint density at radius 2 is 1.77 bits per heavy atom. The Bertz CT molecular complexity index is 1520. The molecule has 1 aromatic heterocycles. The highest BCUT2D eigenvalue weighted by Gasteiger charge is 2.23. The number of carbonyl (C=O) groups excluding carboxylic acids is 1. The third-order valence-electron chi connectivity index (χ3n) is 6.26. The molecular weight excluding hydrogens is 564 g/mol. The van der Waals surface area contributed by atoms with Gasteiger partial charge in [0.25, 0.3) is 0 Å². The summed E-state index contributed by atoms with van der Waals surface area (Å²) in [6, 6.07) is 21.8. The lowest BCUT2D eigenvalue weighted by atomic mass is 10.0. The molecule has 0 fully saturated rings. The van der Waals surface area contributed by atoms with Crippen molar-refractivity contribution in [2.24, 2.45) is 0 Å². The van der Waals surface area contributed by atoms with Gasteiger partial charge in [0.2, 0.25) is 15.9 Å². The maximum atomic E-state index is 13.9. The van der Waals surface area contributed by atoms with Crippen molar-refractivity contribution >= 4 is 44.6 Å². The molecule has 210 valence electrons. The topological polar surface area (TPSA) is 75.7 Å². The number of halogens is 1. The number of rotatable bonds is 13. The number of hydrogen-bond donors (Lipinski definition) is 1. The van der Waals surface area contributed by atoms with Crippen molar-refractivity contribution in [3.8, 4) is 16.9 Å². The van der Waals surface area contributed by atoms with Crippen LogP contribution in [-0.4, -0.2) is 27.5 Å². The molecule has 6 nitrogen and oxygen atoms in total. The molecule has 0 bridgehead atoms. The second-order valence-electron chi connectivity index (χ2n) is 9.33. The van der Waals surface area contributed by atoms with Crippen molar-refractivity contribution in [2.45, 2.75) is 44.6 Å². The molecule has 0 saturated carbocycles. The van der Waals surface area contributed by atoms with Crippen LogP contribution in [0.25, 0.3) is 11.1 Å². The number of para-hydroxylation sites is 1. The third-order valence-corrected chi connectivity index (χ3v) is 8.71. The largest absolute Gasteiger partial charge is 0.493 e. The zero-order valence-electron chi connectivity index (χ0n) is 22.6. The first-order valence-electron chi connectivity index (χ1n) is 13.2. The summed E-state index contributed by atoms with van der Waals surface area (Å²) in [5, 5.41) is 4.49. The molecule has 3 aromatic carbocycles. The minimum atomic E-state index is -3.59. The fourth-order valence-electron chi connectivity index (χ4n) is 4.25. The molecule has 0 radical (unpaired) electrons. The molecule has 0 aliphatic rings. The van der Waals surface area contributed by atoms with Crippen LogP contribution in [0, 0.1) is 0 Å². The van der Waals surface area contributed by atoms with Crippen LogP contribution in [-0.2, 0) is 27.8 Å². The van der Waals surface area contributed by atoms with Gasteiger partial charge in [-0.25, -0.2) is 13.1 Å². The average Bonchev–Trinajstić information content (AvgIpc) is 3.47. The van der Waals surface area contributed by atoms with Gasteiger partial charge in [-0.05, 0) is 77.2 Å². The second-order valence-corrected chi connectivity index (χ2v) is 12.3. The molecule has 0 saturated heterocycles. The molecule has 4 aromatic rings. The quantitative estimate of drug-likeness (QED) is 0.175. The van der Waals surface area contributed by atoms with E-state index in [2.05, 4.69) is 4.72 Å². The molecule has 0 unspecified atom stereocenters. The van der Waals surface area contributed by atoms with E-state index in [-0.39, 0.29) is 23.8 Å². The Morgan fingerprint density at radius 1 is 1.00 bits per heavy atom. The number of nitrogens with zero attached hydrogens (tertiary/aromatic N) is 1. The Kier molecular flexibility index (Phi) is 10.4. The lowest BCUT2D eigenvalue weighted by molar-refractivity contribution is -0.118. The average molecular weight is 597 g/mol. The smallest absolute Gasteiger partial charge is 0.240 e. The predicted octanol–water partition coefficient (Wildman–Crippen LogP) is 7.32. The molecule has 1 amide bonds. The van der Waals surface area contributed by atoms with E-state index in [1.165, 1.54) is 0 Å². The van der Waals surface area contributed by atoms with Crippen molar-refractivity contribution in [1.82, 2.24) is 4.72 Å². The van der Waals surface area contributed by atoms with Gasteiger partial charge in [-0.1, -0.05) is 55.8 Å². The lowest BCUT2D eigenvalue weighted by Crippen LogP contribution is -2.32. The zero-order chi connectivity index (χ0) is 28.5. The fourth-order valence-corrected chi connectivity index (χ4v) is 6.25. The molecule has 1 N–H and O–H groups in total. The van der Waals surface area contributed by atoms with Crippen molar-refractivity contribution in [2.75, 3.05) is 18.1 Å². The van der Waals surface area contributed by atoms with E-state index >= 15 is 0 Å². The van der Waals surface area contributed by atoms with Crippen molar-refractivity contribution in [1.29, 1.82) is 0 Å². The minimum Gasteiger partial charge on any atom is -0.493 e. The summed E-state index contributed by atoms with van der Waals surface area (Å²) in [5.41, 5.74) is 4.07. The summed E-state index contributed by atoms with van der Waals surface area (Å²) >= 11 is 7.93. The molecular formula is C31H33ClN2O4S2. The highest BCUT2D eigenvalue weighted by molar-refractivity contribution is 7.89. The molecule has 0 aliphatic heterocycles. The van der Waals surface area contributed by atoms with Gasteiger partial charge in [-0.3, -0.25) is 4.79 Å². The number of sulfonamides is 1. The van der Waals surface area contributed by atoms with Gasteiger partial charge < -0.3 is 9.64 Å². The van der Waals surface area contributed by atoms with Crippen LogP contribution < -0.4 is 14.4 Å². The van der Waals surface area contributed by atoms with E-state index in [9.17, 15) is 13.2 Å². The van der Waals surface area contributed by atoms with Crippen LogP contribution in [0.4, 0.5) is 5.69 Å². The molecule has 1 heterocycles. The number of nitrogens with one attached hydrogen (secondary N) is 1. The second kappa shape index (κ2) is 13.9. The Morgan fingerprint density at radius 3 is 2.48 bits per heavy atom. The van der Waals surface area contributed by atoms with E-state index in [0.717, 1.165) is 28.7 Å². The van der Waals surface area contributed by atoms with Crippen LogP contribution >= 0.6 is 22.9 Å². The van der Waals surface area contributed by atoms with Crippen molar-refractivity contribution in [3.63, 3.8) is 0 Å². The van der Waals surface area contributed by atoms with Crippen LogP contribution in [0.2, 0.25) is 5.02 Å². The summed E-state index contributed by atoms with van der Waals surface area (Å²) in [6.07, 6.45) is 1.80. The number of amides is 1.